The number of hydrogen-bond acceptors (Lipinski definition) is 6. The highest BCUT2D eigenvalue weighted by molar-refractivity contribution is 8.01. The summed E-state index contributed by atoms with van der Waals surface area (Å²) in [6.07, 6.45) is 0. The molecule has 0 aliphatic rings. The van der Waals surface area contributed by atoms with Crippen LogP contribution in [0.3, 0.4) is 0 Å². The molecule has 0 unspecified atom stereocenters. The Bertz CT molecular complexity index is 545. The van der Waals surface area contributed by atoms with E-state index in [1.807, 2.05) is 25.1 Å². The van der Waals surface area contributed by atoms with Crippen LogP contribution in [0.5, 0.6) is 0 Å². The van der Waals surface area contributed by atoms with E-state index in [-0.39, 0.29) is 6.61 Å². The quantitative estimate of drug-likeness (QED) is 0.941. The normalized spacial score (nSPS) is 10.7. The second-order valence-electron chi connectivity index (χ2n) is 3.76. The van der Waals surface area contributed by atoms with Crippen LogP contribution in [-0.4, -0.2) is 29.4 Å². The maximum absolute atomic E-state index is 9.30. The molecule has 2 aromatic rings. The molecule has 96 valence electrons. The van der Waals surface area contributed by atoms with Crippen LogP contribution < -0.4 is 4.90 Å². The zero-order chi connectivity index (χ0) is 13.1. The predicted molar refractivity (Wildman–Crippen MR) is 75.7 cm³/mol. The molecule has 0 fully saturated rings. The summed E-state index contributed by atoms with van der Waals surface area (Å²) >= 11 is 8.89. The lowest BCUT2D eigenvalue weighted by atomic mass is 10.2. The topological polar surface area (TPSA) is 49.2 Å². The van der Waals surface area contributed by atoms with Gasteiger partial charge in [-0.2, -0.15) is 0 Å². The number of halogens is 1. The third-order valence-corrected chi connectivity index (χ3v) is 4.66. The summed E-state index contributed by atoms with van der Waals surface area (Å²) in [6.45, 7) is -0.0394. The maximum atomic E-state index is 9.30. The Morgan fingerprint density at radius 2 is 2.17 bits per heavy atom. The number of hydrogen-bond donors (Lipinski definition) is 1. The van der Waals surface area contributed by atoms with Crippen LogP contribution in [-0.2, 0) is 6.61 Å². The van der Waals surface area contributed by atoms with E-state index in [2.05, 4.69) is 10.2 Å². The second kappa shape index (κ2) is 5.88. The van der Waals surface area contributed by atoms with E-state index >= 15 is 0 Å². The molecule has 7 heteroatoms. The summed E-state index contributed by atoms with van der Waals surface area (Å²) < 4.78 is 0.843. The van der Waals surface area contributed by atoms with E-state index in [0.717, 1.165) is 19.9 Å². The van der Waals surface area contributed by atoms with Gasteiger partial charge in [0.15, 0.2) is 4.34 Å². The molecule has 0 aliphatic carbocycles. The maximum Gasteiger partial charge on any atom is 0.208 e. The van der Waals surface area contributed by atoms with Crippen molar-refractivity contribution in [2.45, 2.75) is 15.8 Å². The Kier molecular flexibility index (Phi) is 4.45. The van der Waals surface area contributed by atoms with Gasteiger partial charge in [0.1, 0.15) is 0 Å². The monoisotopic (exact) mass is 301 g/mol. The van der Waals surface area contributed by atoms with Crippen LogP contribution >= 0.6 is 34.7 Å². The molecule has 1 heterocycles. The van der Waals surface area contributed by atoms with Gasteiger partial charge < -0.3 is 10.0 Å². The Morgan fingerprint density at radius 3 is 2.78 bits per heavy atom. The summed E-state index contributed by atoms with van der Waals surface area (Å²) in [6, 6.07) is 5.45. The van der Waals surface area contributed by atoms with Crippen LogP contribution in [0.4, 0.5) is 5.13 Å². The lowest BCUT2D eigenvalue weighted by Crippen LogP contribution is -2.07. The molecule has 0 saturated carbocycles. The first-order valence-corrected chi connectivity index (χ1v) is 7.19. The van der Waals surface area contributed by atoms with Gasteiger partial charge in [0.25, 0.3) is 0 Å². The van der Waals surface area contributed by atoms with Crippen molar-refractivity contribution in [3.8, 4) is 0 Å². The first-order valence-electron chi connectivity index (χ1n) is 5.18. The molecule has 4 nitrogen and oxygen atoms in total. The second-order valence-corrected chi connectivity index (χ2v) is 6.44. The minimum absolute atomic E-state index is 0.0394. The van der Waals surface area contributed by atoms with Crippen molar-refractivity contribution in [2.75, 3.05) is 19.0 Å². The number of aliphatic hydroxyl groups excluding tert-OH is 1. The van der Waals surface area contributed by atoms with Gasteiger partial charge in [-0.05, 0) is 23.8 Å². The van der Waals surface area contributed by atoms with Gasteiger partial charge in [0, 0.05) is 24.0 Å². The summed E-state index contributed by atoms with van der Waals surface area (Å²) in [4.78, 5) is 2.86. The highest BCUT2D eigenvalue weighted by Gasteiger charge is 2.10. The van der Waals surface area contributed by atoms with Gasteiger partial charge in [-0.3, -0.25) is 0 Å². The molecule has 0 bridgehead atoms. The van der Waals surface area contributed by atoms with E-state index in [4.69, 9.17) is 11.6 Å². The van der Waals surface area contributed by atoms with Crippen molar-refractivity contribution >= 4 is 39.8 Å². The smallest absolute Gasteiger partial charge is 0.208 e. The van der Waals surface area contributed by atoms with E-state index < -0.39 is 0 Å². The van der Waals surface area contributed by atoms with E-state index in [0.29, 0.717) is 5.02 Å². The predicted octanol–water partition coefficient (Wildman–Crippen LogP) is 2.90. The van der Waals surface area contributed by atoms with Crippen molar-refractivity contribution in [3.05, 3.63) is 28.8 Å². The number of aromatic nitrogens is 2. The van der Waals surface area contributed by atoms with Crippen molar-refractivity contribution in [3.63, 3.8) is 0 Å². The van der Waals surface area contributed by atoms with Crippen LogP contribution in [0.25, 0.3) is 0 Å². The Hall–Kier alpha value is -0.820. The Balaban J connectivity index is 2.22. The zero-order valence-electron chi connectivity index (χ0n) is 9.92. The molecule has 0 aliphatic heterocycles. The Morgan fingerprint density at radius 1 is 1.39 bits per heavy atom. The summed E-state index contributed by atoms with van der Waals surface area (Å²) in [5.41, 5.74) is 0.800. The highest BCUT2D eigenvalue weighted by atomic mass is 35.5. The number of rotatable bonds is 4. The fraction of sp³-hybridized carbons (Fsp3) is 0.273. The van der Waals surface area contributed by atoms with Gasteiger partial charge >= 0.3 is 0 Å². The molecular formula is C11H12ClN3OS2. The molecule has 1 N–H and O–H groups in total. The van der Waals surface area contributed by atoms with Crippen molar-refractivity contribution in [2.24, 2.45) is 0 Å². The van der Waals surface area contributed by atoms with E-state index in [9.17, 15) is 5.11 Å². The minimum atomic E-state index is -0.0394. The van der Waals surface area contributed by atoms with Crippen molar-refractivity contribution < 1.29 is 5.11 Å². The lowest BCUT2D eigenvalue weighted by molar-refractivity contribution is 0.279. The molecular weight excluding hydrogens is 290 g/mol. The number of benzene rings is 1. The van der Waals surface area contributed by atoms with Gasteiger partial charge in [0.2, 0.25) is 5.13 Å². The van der Waals surface area contributed by atoms with Crippen molar-refractivity contribution in [1.29, 1.82) is 0 Å². The standard InChI is InChI=1S/C11H12ClN3OS2/c1-15(2)10-13-14-11(18-10)17-9-4-3-8(12)5-7(9)6-16/h3-5,16H,6H2,1-2H3. The summed E-state index contributed by atoms with van der Waals surface area (Å²) in [5.74, 6) is 0. The summed E-state index contributed by atoms with van der Waals surface area (Å²) in [5, 5.41) is 19.0. The molecule has 18 heavy (non-hydrogen) atoms. The number of nitrogens with zero attached hydrogens (tertiary/aromatic N) is 3. The summed E-state index contributed by atoms with van der Waals surface area (Å²) in [7, 11) is 3.85. The fourth-order valence-corrected chi connectivity index (χ4v) is 3.31. The highest BCUT2D eigenvalue weighted by Crippen LogP contribution is 2.35. The molecule has 0 radical (unpaired) electrons. The largest absolute Gasteiger partial charge is 0.392 e. The third-order valence-electron chi connectivity index (χ3n) is 2.17. The number of aliphatic hydroxyl groups is 1. The fourth-order valence-electron chi connectivity index (χ4n) is 1.29. The molecule has 0 spiro atoms. The van der Waals surface area contributed by atoms with Gasteiger partial charge in [-0.1, -0.05) is 34.7 Å². The van der Waals surface area contributed by atoms with E-state index in [1.165, 1.54) is 23.1 Å². The average Bonchev–Trinajstić information content (AvgIpc) is 2.80. The molecule has 0 atom stereocenters. The van der Waals surface area contributed by atoms with Gasteiger partial charge in [-0.15, -0.1) is 10.2 Å². The van der Waals surface area contributed by atoms with Gasteiger partial charge in [0.05, 0.1) is 6.61 Å². The van der Waals surface area contributed by atoms with E-state index in [1.54, 1.807) is 12.1 Å². The zero-order valence-corrected chi connectivity index (χ0v) is 12.3. The number of anilines is 1. The molecule has 0 amide bonds. The molecule has 2 rings (SSSR count). The van der Waals surface area contributed by atoms with Crippen LogP contribution in [0.2, 0.25) is 5.02 Å². The SMILES string of the molecule is CN(C)c1nnc(Sc2ccc(Cl)cc2CO)s1. The van der Waals surface area contributed by atoms with Crippen LogP contribution in [0, 0.1) is 0 Å². The molecule has 0 saturated heterocycles. The lowest BCUT2D eigenvalue weighted by Gasteiger charge is -2.05. The Labute approximate surface area is 119 Å². The van der Waals surface area contributed by atoms with Crippen LogP contribution in [0.1, 0.15) is 5.56 Å². The minimum Gasteiger partial charge on any atom is -0.392 e. The first kappa shape index (κ1) is 13.6. The van der Waals surface area contributed by atoms with Crippen LogP contribution in [0.15, 0.2) is 27.4 Å². The van der Waals surface area contributed by atoms with Crippen molar-refractivity contribution in [1.82, 2.24) is 10.2 Å². The first-order chi connectivity index (χ1) is 8.60. The molecule has 1 aromatic heterocycles. The molecule has 1 aromatic carbocycles. The average molecular weight is 302 g/mol. The third kappa shape index (κ3) is 3.14. The van der Waals surface area contributed by atoms with Gasteiger partial charge in [-0.25, -0.2) is 0 Å².